The number of anilines is 1. The lowest BCUT2D eigenvalue weighted by Gasteiger charge is -2.16. The SMILES string of the molecule is COc1c2c(cc3ccccc13)C(=O)N(c1ccc(CC(=O)[O-])cc1)C2. The highest BCUT2D eigenvalue weighted by Crippen LogP contribution is 2.39. The maximum atomic E-state index is 12.9. The number of ether oxygens (including phenoxy) is 1. The van der Waals surface area contributed by atoms with E-state index in [1.807, 2.05) is 30.3 Å². The molecule has 0 saturated heterocycles. The van der Waals surface area contributed by atoms with E-state index < -0.39 is 5.97 Å². The maximum Gasteiger partial charge on any atom is 0.259 e. The molecule has 3 aromatic rings. The van der Waals surface area contributed by atoms with Gasteiger partial charge in [0, 0.05) is 34.6 Å². The van der Waals surface area contributed by atoms with Crippen LogP contribution in [0.25, 0.3) is 10.8 Å². The van der Waals surface area contributed by atoms with E-state index in [4.69, 9.17) is 4.74 Å². The maximum absolute atomic E-state index is 12.9. The molecule has 0 aliphatic carbocycles. The van der Waals surface area contributed by atoms with Crippen molar-refractivity contribution >= 4 is 28.3 Å². The van der Waals surface area contributed by atoms with Gasteiger partial charge in [0.1, 0.15) is 5.75 Å². The number of carboxylic acid groups (broad SMARTS) is 1. The van der Waals surface area contributed by atoms with Crippen LogP contribution in [0.15, 0.2) is 54.6 Å². The third-order valence-corrected chi connectivity index (χ3v) is 4.70. The fourth-order valence-electron chi connectivity index (χ4n) is 3.48. The van der Waals surface area contributed by atoms with E-state index in [-0.39, 0.29) is 12.3 Å². The Morgan fingerprint density at radius 2 is 1.88 bits per heavy atom. The van der Waals surface area contributed by atoms with Crippen LogP contribution < -0.4 is 14.7 Å². The molecule has 0 saturated carbocycles. The molecule has 3 aromatic carbocycles. The van der Waals surface area contributed by atoms with Gasteiger partial charge in [0.15, 0.2) is 0 Å². The van der Waals surface area contributed by atoms with Gasteiger partial charge in [-0.05, 0) is 29.1 Å². The zero-order valence-corrected chi connectivity index (χ0v) is 14.2. The summed E-state index contributed by atoms with van der Waals surface area (Å²) < 4.78 is 5.61. The van der Waals surface area contributed by atoms with E-state index in [9.17, 15) is 14.7 Å². The number of methoxy groups -OCH3 is 1. The van der Waals surface area contributed by atoms with Crippen molar-refractivity contribution in [3.05, 3.63) is 71.3 Å². The summed E-state index contributed by atoms with van der Waals surface area (Å²) in [5.74, 6) is -0.488. The van der Waals surface area contributed by atoms with Crippen LogP contribution in [-0.4, -0.2) is 19.0 Å². The quantitative estimate of drug-likeness (QED) is 0.727. The minimum absolute atomic E-state index is 0.0864. The molecule has 130 valence electrons. The molecule has 0 spiro atoms. The van der Waals surface area contributed by atoms with Gasteiger partial charge < -0.3 is 19.5 Å². The number of nitrogens with zero attached hydrogens (tertiary/aromatic N) is 1. The number of carbonyl (C=O) groups is 2. The Hall–Kier alpha value is -3.34. The van der Waals surface area contributed by atoms with Crippen molar-refractivity contribution in [1.82, 2.24) is 0 Å². The molecule has 26 heavy (non-hydrogen) atoms. The van der Waals surface area contributed by atoms with Gasteiger partial charge >= 0.3 is 0 Å². The molecule has 0 atom stereocenters. The summed E-state index contributed by atoms with van der Waals surface area (Å²) in [6.45, 7) is 0.419. The van der Waals surface area contributed by atoms with Crippen molar-refractivity contribution in [2.45, 2.75) is 13.0 Å². The van der Waals surface area contributed by atoms with Gasteiger partial charge in [-0.2, -0.15) is 0 Å². The molecule has 0 bridgehead atoms. The third kappa shape index (κ3) is 2.58. The average molecular weight is 346 g/mol. The van der Waals surface area contributed by atoms with Gasteiger partial charge in [0.2, 0.25) is 0 Å². The lowest BCUT2D eigenvalue weighted by Crippen LogP contribution is -2.25. The van der Waals surface area contributed by atoms with E-state index in [2.05, 4.69) is 0 Å². The second-order valence-electron chi connectivity index (χ2n) is 6.26. The van der Waals surface area contributed by atoms with Crippen LogP contribution in [0, 0.1) is 0 Å². The Labute approximate surface area is 150 Å². The Balaban J connectivity index is 1.74. The van der Waals surface area contributed by atoms with Gasteiger partial charge in [-0.25, -0.2) is 0 Å². The minimum atomic E-state index is -1.13. The predicted octanol–water partition coefficient (Wildman–Crippen LogP) is 2.30. The van der Waals surface area contributed by atoms with Gasteiger partial charge in [-0.1, -0.05) is 36.4 Å². The van der Waals surface area contributed by atoms with Crippen molar-refractivity contribution < 1.29 is 19.4 Å². The zero-order valence-electron chi connectivity index (χ0n) is 14.2. The van der Waals surface area contributed by atoms with E-state index in [1.165, 1.54) is 0 Å². The standard InChI is InChI=1S/C21H17NO4/c1-26-20-16-5-3-2-4-14(16)11-17-18(20)12-22(21(17)25)15-8-6-13(7-9-15)10-19(23)24/h2-9,11H,10,12H2,1H3,(H,23,24)/p-1. The van der Waals surface area contributed by atoms with E-state index in [1.54, 1.807) is 36.3 Å². The number of aliphatic carboxylic acids is 1. The number of amides is 1. The van der Waals surface area contributed by atoms with Crippen molar-refractivity contribution in [2.75, 3.05) is 12.0 Å². The molecule has 5 heteroatoms. The normalized spacial score (nSPS) is 13.1. The lowest BCUT2D eigenvalue weighted by molar-refractivity contribution is -0.304. The van der Waals surface area contributed by atoms with Crippen molar-refractivity contribution in [1.29, 1.82) is 0 Å². The summed E-state index contributed by atoms with van der Waals surface area (Å²) in [5.41, 5.74) is 2.87. The molecule has 5 nitrogen and oxygen atoms in total. The first-order valence-electron chi connectivity index (χ1n) is 8.27. The average Bonchev–Trinajstić information content (AvgIpc) is 2.96. The summed E-state index contributed by atoms with van der Waals surface area (Å²) in [6, 6.07) is 16.6. The van der Waals surface area contributed by atoms with Crippen LogP contribution in [0.1, 0.15) is 21.5 Å². The molecule has 0 unspecified atom stereocenters. The highest BCUT2D eigenvalue weighted by Gasteiger charge is 2.32. The summed E-state index contributed by atoms with van der Waals surface area (Å²) in [4.78, 5) is 25.3. The van der Waals surface area contributed by atoms with Crippen molar-refractivity contribution in [2.24, 2.45) is 0 Å². The first-order chi connectivity index (χ1) is 12.6. The number of fused-ring (bicyclic) bond motifs is 2. The van der Waals surface area contributed by atoms with Gasteiger partial charge in [0.05, 0.1) is 13.7 Å². The van der Waals surface area contributed by atoms with Crippen LogP contribution in [-0.2, 0) is 17.8 Å². The van der Waals surface area contributed by atoms with Crippen LogP contribution in [0.5, 0.6) is 5.75 Å². The minimum Gasteiger partial charge on any atom is -0.550 e. The number of hydrogen-bond donors (Lipinski definition) is 0. The Morgan fingerprint density at radius 1 is 1.15 bits per heavy atom. The molecule has 0 fully saturated rings. The Kier molecular flexibility index (Phi) is 3.84. The molecular weight excluding hydrogens is 330 g/mol. The second-order valence-corrected chi connectivity index (χ2v) is 6.26. The monoisotopic (exact) mass is 346 g/mol. The van der Waals surface area contributed by atoms with Crippen molar-refractivity contribution in [3.63, 3.8) is 0 Å². The number of benzene rings is 3. The van der Waals surface area contributed by atoms with E-state index >= 15 is 0 Å². The second kappa shape index (κ2) is 6.19. The van der Waals surface area contributed by atoms with Crippen LogP contribution in [0.4, 0.5) is 5.69 Å². The highest BCUT2D eigenvalue weighted by molar-refractivity contribution is 6.13. The zero-order chi connectivity index (χ0) is 18.3. The predicted molar refractivity (Wildman–Crippen MR) is 96.2 cm³/mol. The van der Waals surface area contributed by atoms with E-state index in [0.717, 1.165) is 27.8 Å². The van der Waals surface area contributed by atoms with Crippen LogP contribution in [0.3, 0.4) is 0 Å². The van der Waals surface area contributed by atoms with Crippen LogP contribution in [0.2, 0.25) is 0 Å². The molecule has 4 rings (SSSR count). The first kappa shape index (κ1) is 16.1. The molecule has 1 amide bonds. The Morgan fingerprint density at radius 3 is 2.58 bits per heavy atom. The van der Waals surface area contributed by atoms with Crippen molar-refractivity contribution in [3.8, 4) is 5.75 Å². The largest absolute Gasteiger partial charge is 0.550 e. The summed E-state index contributed by atoms with van der Waals surface area (Å²) in [5, 5.41) is 12.6. The number of rotatable bonds is 4. The smallest absolute Gasteiger partial charge is 0.259 e. The van der Waals surface area contributed by atoms with E-state index in [0.29, 0.717) is 17.7 Å². The summed E-state index contributed by atoms with van der Waals surface area (Å²) in [7, 11) is 1.62. The molecule has 0 aromatic heterocycles. The topological polar surface area (TPSA) is 69.7 Å². The fraction of sp³-hybridized carbons (Fsp3) is 0.143. The molecule has 1 aliphatic rings. The summed E-state index contributed by atoms with van der Waals surface area (Å²) in [6.07, 6.45) is -0.145. The number of hydrogen-bond acceptors (Lipinski definition) is 4. The molecule has 0 radical (unpaired) electrons. The lowest BCUT2D eigenvalue weighted by atomic mass is 10.0. The third-order valence-electron chi connectivity index (χ3n) is 4.70. The number of carboxylic acids is 1. The molecule has 0 N–H and O–H groups in total. The van der Waals surface area contributed by atoms with Gasteiger partial charge in [-0.3, -0.25) is 4.79 Å². The molecule has 1 heterocycles. The molecule has 1 aliphatic heterocycles. The Bertz CT molecular complexity index is 1020. The first-order valence-corrected chi connectivity index (χ1v) is 8.27. The van der Waals surface area contributed by atoms with Gasteiger partial charge in [-0.15, -0.1) is 0 Å². The number of carbonyl (C=O) groups excluding carboxylic acids is 2. The van der Waals surface area contributed by atoms with Gasteiger partial charge in [0.25, 0.3) is 5.91 Å². The van der Waals surface area contributed by atoms with Crippen LogP contribution >= 0.6 is 0 Å². The fourth-order valence-corrected chi connectivity index (χ4v) is 3.48. The summed E-state index contributed by atoms with van der Waals surface area (Å²) >= 11 is 0. The molecular formula is C21H16NO4-. The highest BCUT2D eigenvalue weighted by atomic mass is 16.5.